The normalized spacial score (nSPS) is 24.4. The van der Waals surface area contributed by atoms with E-state index in [-0.39, 0.29) is 0 Å². The highest BCUT2D eigenvalue weighted by Crippen LogP contribution is 2.56. The first-order chi connectivity index (χ1) is 6.57. The SMILES string of the molecule is CCN(CC)P1(=N)N(C)CCCN1C. The lowest BCUT2D eigenvalue weighted by Gasteiger charge is -2.48. The third kappa shape index (κ3) is 1.89. The highest BCUT2D eigenvalue weighted by molar-refractivity contribution is 7.57. The van der Waals surface area contributed by atoms with Crippen molar-refractivity contribution >= 4 is 7.51 Å². The second-order valence-electron chi connectivity index (χ2n) is 3.82. The zero-order valence-electron chi connectivity index (χ0n) is 9.82. The maximum Gasteiger partial charge on any atom is 0.164 e. The Hall–Kier alpha value is 0.110. The molecule has 1 aliphatic heterocycles. The maximum absolute atomic E-state index is 8.68. The van der Waals surface area contributed by atoms with E-state index in [4.69, 9.17) is 5.16 Å². The van der Waals surface area contributed by atoms with Gasteiger partial charge in [0.2, 0.25) is 0 Å². The number of nitrogens with zero attached hydrogens (tertiary/aromatic N) is 3. The first-order valence-electron chi connectivity index (χ1n) is 5.40. The van der Waals surface area contributed by atoms with Crippen LogP contribution in [0.25, 0.3) is 0 Å². The molecule has 0 bridgehead atoms. The van der Waals surface area contributed by atoms with Gasteiger partial charge in [-0.15, -0.1) is 0 Å². The Morgan fingerprint density at radius 2 is 1.57 bits per heavy atom. The van der Waals surface area contributed by atoms with Crippen molar-refractivity contribution in [2.45, 2.75) is 20.3 Å². The van der Waals surface area contributed by atoms with Crippen molar-refractivity contribution in [3.8, 4) is 0 Å². The number of nitrogens with one attached hydrogen (secondary N) is 1. The van der Waals surface area contributed by atoms with Crippen LogP contribution in [0.1, 0.15) is 20.3 Å². The van der Waals surface area contributed by atoms with Gasteiger partial charge in [-0.1, -0.05) is 13.8 Å². The van der Waals surface area contributed by atoms with Crippen LogP contribution in [0.15, 0.2) is 0 Å². The van der Waals surface area contributed by atoms with Crippen molar-refractivity contribution in [3.63, 3.8) is 0 Å². The summed E-state index contributed by atoms with van der Waals surface area (Å²) >= 11 is 0. The fourth-order valence-corrected chi connectivity index (χ4v) is 5.13. The summed E-state index contributed by atoms with van der Waals surface area (Å²) in [6, 6.07) is 0. The fraction of sp³-hybridized carbons (Fsp3) is 1.00. The smallest absolute Gasteiger partial charge is 0.164 e. The van der Waals surface area contributed by atoms with Crippen LogP contribution in [0.4, 0.5) is 0 Å². The first-order valence-corrected chi connectivity index (χ1v) is 7.04. The second kappa shape index (κ2) is 4.75. The third-order valence-electron chi connectivity index (χ3n) is 3.04. The van der Waals surface area contributed by atoms with E-state index in [2.05, 4.69) is 42.0 Å². The average molecular weight is 218 g/mol. The maximum atomic E-state index is 8.68. The van der Waals surface area contributed by atoms with Crippen LogP contribution >= 0.6 is 7.51 Å². The Morgan fingerprint density at radius 1 is 1.14 bits per heavy atom. The zero-order chi connectivity index (χ0) is 10.8. The fourth-order valence-electron chi connectivity index (χ4n) is 2.12. The van der Waals surface area contributed by atoms with Crippen LogP contribution in [-0.2, 0) is 0 Å². The van der Waals surface area contributed by atoms with Gasteiger partial charge in [-0.25, -0.2) is 14.0 Å². The quantitative estimate of drug-likeness (QED) is 0.737. The van der Waals surface area contributed by atoms with Gasteiger partial charge in [0.05, 0.1) is 0 Å². The van der Waals surface area contributed by atoms with Crippen LogP contribution in [0.3, 0.4) is 0 Å². The Labute approximate surface area is 87.9 Å². The lowest BCUT2D eigenvalue weighted by Crippen LogP contribution is -2.42. The van der Waals surface area contributed by atoms with Crippen molar-refractivity contribution in [3.05, 3.63) is 0 Å². The zero-order valence-corrected chi connectivity index (χ0v) is 10.7. The van der Waals surface area contributed by atoms with E-state index in [1.807, 2.05) is 0 Å². The van der Waals surface area contributed by atoms with Crippen molar-refractivity contribution in [2.24, 2.45) is 0 Å². The molecule has 0 radical (unpaired) electrons. The van der Waals surface area contributed by atoms with Crippen LogP contribution < -0.4 is 0 Å². The van der Waals surface area contributed by atoms with Crippen molar-refractivity contribution in [1.82, 2.24) is 14.0 Å². The average Bonchev–Trinajstić information content (AvgIpc) is 2.16. The Balaban J connectivity index is 2.91. The molecule has 0 amide bonds. The minimum absolute atomic E-state index is 0.975. The molecule has 84 valence electrons. The van der Waals surface area contributed by atoms with E-state index in [0.717, 1.165) is 26.2 Å². The molecule has 0 atom stereocenters. The van der Waals surface area contributed by atoms with Crippen molar-refractivity contribution < 1.29 is 0 Å². The number of rotatable bonds is 3. The summed E-state index contributed by atoms with van der Waals surface area (Å²) in [4.78, 5) is 0. The van der Waals surface area contributed by atoms with E-state index in [1.165, 1.54) is 6.42 Å². The molecule has 0 aliphatic carbocycles. The molecule has 0 unspecified atom stereocenters. The van der Waals surface area contributed by atoms with Crippen LogP contribution in [0, 0.1) is 5.16 Å². The van der Waals surface area contributed by atoms with Gasteiger partial charge in [0.25, 0.3) is 0 Å². The minimum Gasteiger partial charge on any atom is -0.277 e. The van der Waals surface area contributed by atoms with Crippen LogP contribution in [0.2, 0.25) is 0 Å². The summed E-state index contributed by atoms with van der Waals surface area (Å²) in [6.45, 7) is 8.38. The molecular formula is C9H23N4P. The summed E-state index contributed by atoms with van der Waals surface area (Å²) in [5.74, 6) is 0. The summed E-state index contributed by atoms with van der Waals surface area (Å²) in [5, 5.41) is 8.68. The largest absolute Gasteiger partial charge is 0.277 e. The molecule has 0 aromatic carbocycles. The van der Waals surface area contributed by atoms with E-state index in [9.17, 15) is 0 Å². The second-order valence-corrected chi connectivity index (χ2v) is 6.89. The van der Waals surface area contributed by atoms with Gasteiger partial charge in [0.1, 0.15) is 0 Å². The predicted octanol–water partition coefficient (Wildman–Crippen LogP) is 2.12. The highest BCUT2D eigenvalue weighted by atomic mass is 31.2. The molecule has 1 aliphatic rings. The number of hydrogen-bond donors (Lipinski definition) is 1. The molecule has 5 heteroatoms. The molecule has 1 heterocycles. The molecule has 1 rings (SSSR count). The lowest BCUT2D eigenvalue weighted by molar-refractivity contribution is 0.314. The molecule has 0 aromatic rings. The molecule has 14 heavy (non-hydrogen) atoms. The minimum atomic E-state index is -1.91. The molecule has 0 spiro atoms. The Kier molecular flexibility index (Phi) is 4.14. The molecule has 0 aromatic heterocycles. The first kappa shape index (κ1) is 12.2. The third-order valence-corrected chi connectivity index (χ3v) is 6.70. The van der Waals surface area contributed by atoms with Gasteiger partial charge >= 0.3 is 0 Å². The topological polar surface area (TPSA) is 33.6 Å². The molecule has 0 saturated carbocycles. The molecule has 4 nitrogen and oxygen atoms in total. The van der Waals surface area contributed by atoms with E-state index in [1.54, 1.807) is 0 Å². The predicted molar refractivity (Wildman–Crippen MR) is 62.4 cm³/mol. The summed E-state index contributed by atoms with van der Waals surface area (Å²) < 4.78 is 6.78. The Bertz CT molecular complexity index is 213. The molecule has 1 N–H and O–H groups in total. The molecular weight excluding hydrogens is 195 g/mol. The summed E-state index contributed by atoms with van der Waals surface area (Å²) in [7, 11) is 2.28. The van der Waals surface area contributed by atoms with Gasteiger partial charge in [-0.2, -0.15) is 0 Å². The van der Waals surface area contributed by atoms with Gasteiger partial charge in [-0.3, -0.25) is 5.16 Å². The van der Waals surface area contributed by atoms with E-state index >= 15 is 0 Å². The monoisotopic (exact) mass is 218 g/mol. The molecule has 1 saturated heterocycles. The van der Waals surface area contributed by atoms with Crippen molar-refractivity contribution in [1.29, 1.82) is 5.16 Å². The van der Waals surface area contributed by atoms with E-state index in [0.29, 0.717) is 0 Å². The van der Waals surface area contributed by atoms with Gasteiger partial charge in [-0.05, 0) is 20.5 Å². The highest BCUT2D eigenvalue weighted by Gasteiger charge is 2.35. The van der Waals surface area contributed by atoms with Gasteiger partial charge in [0, 0.05) is 26.2 Å². The number of hydrogen-bond acceptors (Lipinski definition) is 1. The lowest BCUT2D eigenvalue weighted by atomic mass is 10.4. The van der Waals surface area contributed by atoms with Crippen molar-refractivity contribution in [2.75, 3.05) is 40.3 Å². The van der Waals surface area contributed by atoms with Crippen LogP contribution in [-0.4, -0.2) is 54.3 Å². The summed E-state index contributed by atoms with van der Waals surface area (Å²) in [5.41, 5.74) is 0. The molecule has 1 fully saturated rings. The van der Waals surface area contributed by atoms with Gasteiger partial charge in [0.15, 0.2) is 7.51 Å². The Morgan fingerprint density at radius 3 is 1.93 bits per heavy atom. The van der Waals surface area contributed by atoms with Crippen LogP contribution in [0.5, 0.6) is 0 Å². The summed E-state index contributed by atoms with van der Waals surface area (Å²) in [6.07, 6.45) is 1.19. The standard InChI is InChI=1S/C9H23N4P/c1-5-13(6-2)14(10)11(3)8-7-9-12(14)4/h10H,5-9H2,1-4H3. The van der Waals surface area contributed by atoms with Gasteiger partial charge < -0.3 is 0 Å². The van der Waals surface area contributed by atoms with E-state index < -0.39 is 7.51 Å².